The van der Waals surface area contributed by atoms with Crippen LogP contribution in [0.1, 0.15) is 34.3 Å². The van der Waals surface area contributed by atoms with Crippen LogP contribution in [0.25, 0.3) is 16.8 Å². The Morgan fingerprint density at radius 3 is 2.72 bits per heavy atom. The molecule has 1 aliphatic carbocycles. The van der Waals surface area contributed by atoms with Crippen LogP contribution in [0.15, 0.2) is 79.4 Å². The molecular weight excluding hydrogens is 398 g/mol. The van der Waals surface area contributed by atoms with Gasteiger partial charge in [0.05, 0.1) is 30.0 Å². The zero-order valence-corrected chi connectivity index (χ0v) is 18.0. The standard InChI is InChI=1S/C26H25N5O/c1-18-7-8-20(26(32)30-22-9-10-22)11-25(18)21-14-29-31(17-21)24-12-23(15-27-16-24)28-13-19-5-3-2-4-6-19/h2-8,11-12,14-17,22,28H,9-10,13H2,1H3,(H,30,32). The van der Waals surface area contributed by atoms with Gasteiger partial charge in [0.1, 0.15) is 0 Å². The Labute approximate surface area is 187 Å². The minimum absolute atomic E-state index is 0.0115. The largest absolute Gasteiger partial charge is 0.380 e. The molecule has 2 N–H and O–H groups in total. The first kappa shape index (κ1) is 20.0. The van der Waals surface area contributed by atoms with Crippen molar-refractivity contribution in [1.29, 1.82) is 0 Å². The second kappa shape index (κ2) is 8.67. The third-order valence-electron chi connectivity index (χ3n) is 5.63. The summed E-state index contributed by atoms with van der Waals surface area (Å²) in [6, 6.07) is 18.4. The maximum absolute atomic E-state index is 12.5. The molecule has 160 valence electrons. The molecule has 0 spiro atoms. The van der Waals surface area contributed by atoms with E-state index in [0.717, 1.165) is 47.5 Å². The number of aromatic nitrogens is 3. The molecule has 0 radical (unpaired) electrons. The second-order valence-electron chi connectivity index (χ2n) is 8.22. The second-order valence-corrected chi connectivity index (χ2v) is 8.22. The van der Waals surface area contributed by atoms with Crippen molar-refractivity contribution in [2.45, 2.75) is 32.4 Å². The van der Waals surface area contributed by atoms with Crippen LogP contribution in [0.3, 0.4) is 0 Å². The number of hydrogen-bond donors (Lipinski definition) is 2. The molecular formula is C26H25N5O. The number of benzene rings is 2. The van der Waals surface area contributed by atoms with Crippen molar-refractivity contribution >= 4 is 11.6 Å². The SMILES string of the molecule is Cc1ccc(C(=O)NC2CC2)cc1-c1cnn(-c2cncc(NCc3ccccc3)c2)c1. The molecule has 1 fully saturated rings. The Balaban J connectivity index is 1.35. The molecule has 0 saturated heterocycles. The summed E-state index contributed by atoms with van der Waals surface area (Å²) >= 11 is 0. The van der Waals surface area contributed by atoms with E-state index in [1.54, 1.807) is 6.20 Å². The quantitative estimate of drug-likeness (QED) is 0.450. The number of carbonyl (C=O) groups is 1. The van der Waals surface area contributed by atoms with Crippen LogP contribution in [0.4, 0.5) is 5.69 Å². The van der Waals surface area contributed by atoms with Gasteiger partial charge in [-0.1, -0.05) is 36.4 Å². The smallest absolute Gasteiger partial charge is 0.251 e. The van der Waals surface area contributed by atoms with Gasteiger partial charge in [-0.05, 0) is 54.7 Å². The summed E-state index contributed by atoms with van der Waals surface area (Å²) in [7, 11) is 0. The van der Waals surface area contributed by atoms with Crippen molar-refractivity contribution in [3.8, 4) is 16.8 Å². The molecule has 1 aliphatic rings. The zero-order valence-electron chi connectivity index (χ0n) is 18.0. The third kappa shape index (κ3) is 4.54. The fourth-order valence-corrected chi connectivity index (χ4v) is 3.62. The van der Waals surface area contributed by atoms with E-state index >= 15 is 0 Å². The van der Waals surface area contributed by atoms with E-state index in [-0.39, 0.29) is 5.91 Å². The lowest BCUT2D eigenvalue weighted by atomic mass is 10.0. The minimum Gasteiger partial charge on any atom is -0.380 e. The highest BCUT2D eigenvalue weighted by Crippen LogP contribution is 2.26. The van der Waals surface area contributed by atoms with Crippen molar-refractivity contribution in [2.24, 2.45) is 0 Å². The average molecular weight is 424 g/mol. The lowest BCUT2D eigenvalue weighted by Crippen LogP contribution is -2.25. The van der Waals surface area contributed by atoms with Crippen molar-refractivity contribution in [2.75, 3.05) is 5.32 Å². The highest BCUT2D eigenvalue weighted by Gasteiger charge is 2.24. The van der Waals surface area contributed by atoms with Crippen LogP contribution in [-0.2, 0) is 6.54 Å². The summed E-state index contributed by atoms with van der Waals surface area (Å²) in [5, 5.41) is 11.0. The van der Waals surface area contributed by atoms with Gasteiger partial charge in [0.25, 0.3) is 5.91 Å². The Bertz CT molecular complexity index is 1240. The molecule has 1 amide bonds. The van der Waals surface area contributed by atoms with Crippen molar-refractivity contribution in [3.63, 3.8) is 0 Å². The van der Waals surface area contributed by atoms with Crippen LogP contribution in [0.2, 0.25) is 0 Å². The van der Waals surface area contributed by atoms with Crippen LogP contribution < -0.4 is 10.6 Å². The maximum Gasteiger partial charge on any atom is 0.251 e. The fraction of sp³-hybridized carbons (Fsp3) is 0.192. The van der Waals surface area contributed by atoms with E-state index in [1.807, 2.05) is 72.7 Å². The lowest BCUT2D eigenvalue weighted by Gasteiger charge is -2.09. The monoisotopic (exact) mass is 423 g/mol. The zero-order chi connectivity index (χ0) is 21.9. The molecule has 1 saturated carbocycles. The molecule has 6 nitrogen and oxygen atoms in total. The van der Waals surface area contributed by atoms with Gasteiger partial charge >= 0.3 is 0 Å². The predicted octanol–water partition coefficient (Wildman–Crippen LogP) is 4.75. The average Bonchev–Trinajstić information content (AvgIpc) is 3.50. The Morgan fingerprint density at radius 1 is 1.06 bits per heavy atom. The topological polar surface area (TPSA) is 71.8 Å². The minimum atomic E-state index is -0.0115. The first-order valence-electron chi connectivity index (χ1n) is 10.9. The number of anilines is 1. The Hall–Kier alpha value is -3.93. The number of carbonyl (C=O) groups excluding carboxylic acids is 1. The first-order chi connectivity index (χ1) is 15.7. The molecule has 0 unspecified atom stereocenters. The van der Waals surface area contributed by atoms with Gasteiger partial charge in [-0.2, -0.15) is 5.10 Å². The summed E-state index contributed by atoms with van der Waals surface area (Å²) in [5.41, 5.74) is 6.76. The molecule has 2 heterocycles. The fourth-order valence-electron chi connectivity index (χ4n) is 3.62. The predicted molar refractivity (Wildman–Crippen MR) is 126 cm³/mol. The van der Waals surface area contributed by atoms with E-state index in [9.17, 15) is 4.79 Å². The third-order valence-corrected chi connectivity index (χ3v) is 5.63. The highest BCUT2D eigenvalue weighted by atomic mass is 16.1. The van der Waals surface area contributed by atoms with Gasteiger partial charge in [-0.3, -0.25) is 9.78 Å². The van der Waals surface area contributed by atoms with Crippen molar-refractivity contribution < 1.29 is 4.79 Å². The molecule has 32 heavy (non-hydrogen) atoms. The number of nitrogens with zero attached hydrogens (tertiary/aromatic N) is 3. The molecule has 4 aromatic rings. The van der Waals surface area contributed by atoms with Crippen LogP contribution in [0.5, 0.6) is 0 Å². The number of nitrogens with one attached hydrogen (secondary N) is 2. The van der Waals surface area contributed by atoms with Gasteiger partial charge in [-0.15, -0.1) is 0 Å². The van der Waals surface area contributed by atoms with E-state index in [2.05, 4.69) is 32.8 Å². The van der Waals surface area contributed by atoms with Gasteiger partial charge in [0.2, 0.25) is 0 Å². The normalized spacial score (nSPS) is 13.0. The van der Waals surface area contributed by atoms with Crippen LogP contribution in [0, 0.1) is 6.92 Å². The maximum atomic E-state index is 12.5. The molecule has 5 rings (SSSR count). The first-order valence-corrected chi connectivity index (χ1v) is 10.9. The molecule has 6 heteroatoms. The molecule has 2 aromatic heterocycles. The number of amides is 1. The van der Waals surface area contributed by atoms with E-state index in [4.69, 9.17) is 0 Å². The van der Waals surface area contributed by atoms with Gasteiger partial charge in [0, 0.05) is 29.9 Å². The van der Waals surface area contributed by atoms with Crippen LogP contribution >= 0.6 is 0 Å². The summed E-state index contributed by atoms with van der Waals surface area (Å²) in [6.45, 7) is 2.77. The molecule has 0 atom stereocenters. The van der Waals surface area contributed by atoms with Gasteiger partial charge < -0.3 is 10.6 Å². The van der Waals surface area contributed by atoms with E-state index < -0.39 is 0 Å². The molecule has 0 bridgehead atoms. The summed E-state index contributed by atoms with van der Waals surface area (Å²) < 4.78 is 1.81. The number of pyridine rings is 1. The Kier molecular flexibility index (Phi) is 5.42. The number of aryl methyl sites for hydroxylation is 1. The summed E-state index contributed by atoms with van der Waals surface area (Å²) in [4.78, 5) is 16.8. The van der Waals surface area contributed by atoms with Crippen molar-refractivity contribution in [1.82, 2.24) is 20.1 Å². The van der Waals surface area contributed by atoms with Crippen LogP contribution in [-0.4, -0.2) is 26.7 Å². The number of rotatable bonds is 7. The van der Waals surface area contributed by atoms with Crippen molar-refractivity contribution in [3.05, 3.63) is 96.1 Å². The summed E-state index contributed by atoms with van der Waals surface area (Å²) in [5.74, 6) is -0.0115. The number of hydrogen-bond acceptors (Lipinski definition) is 4. The molecule has 2 aromatic carbocycles. The highest BCUT2D eigenvalue weighted by molar-refractivity contribution is 5.96. The van der Waals surface area contributed by atoms with E-state index in [1.165, 1.54) is 5.56 Å². The lowest BCUT2D eigenvalue weighted by molar-refractivity contribution is 0.0951. The Morgan fingerprint density at radius 2 is 1.91 bits per heavy atom. The van der Waals surface area contributed by atoms with Gasteiger partial charge in [-0.25, -0.2) is 4.68 Å². The molecule has 0 aliphatic heterocycles. The van der Waals surface area contributed by atoms with Gasteiger partial charge in [0.15, 0.2) is 0 Å². The summed E-state index contributed by atoms with van der Waals surface area (Å²) in [6.07, 6.45) is 9.55. The van der Waals surface area contributed by atoms with E-state index in [0.29, 0.717) is 11.6 Å².